The van der Waals surface area contributed by atoms with E-state index in [1.165, 1.54) is 5.56 Å². The number of hydrogen-bond acceptors (Lipinski definition) is 4. The molecule has 0 aliphatic heterocycles. The van der Waals surface area contributed by atoms with Gasteiger partial charge in [-0.15, -0.1) is 11.3 Å². The fourth-order valence-corrected chi connectivity index (χ4v) is 2.08. The third-order valence-corrected chi connectivity index (χ3v) is 3.09. The third-order valence-electron chi connectivity index (χ3n) is 2.45. The molecule has 0 spiro atoms. The van der Waals surface area contributed by atoms with Crippen molar-refractivity contribution < 1.29 is 0 Å². The summed E-state index contributed by atoms with van der Waals surface area (Å²) in [4.78, 5) is 8.58. The average Bonchev–Trinajstić information content (AvgIpc) is 2.79. The van der Waals surface area contributed by atoms with Crippen LogP contribution in [0.15, 0.2) is 29.2 Å². The van der Waals surface area contributed by atoms with E-state index in [0.717, 1.165) is 30.9 Å². The zero-order valence-electron chi connectivity index (χ0n) is 9.31. The predicted octanol–water partition coefficient (Wildman–Crippen LogP) is 2.18. The second kappa shape index (κ2) is 5.72. The van der Waals surface area contributed by atoms with Crippen LogP contribution in [0.5, 0.6) is 0 Å². The van der Waals surface area contributed by atoms with Crippen LogP contribution < -0.4 is 5.32 Å². The quantitative estimate of drug-likeness (QED) is 0.804. The Labute approximate surface area is 99.6 Å². The maximum absolute atomic E-state index is 4.34. The summed E-state index contributed by atoms with van der Waals surface area (Å²) in [6.45, 7) is 3.86. The first-order valence-corrected chi connectivity index (χ1v) is 6.29. The summed E-state index contributed by atoms with van der Waals surface area (Å²) in [7, 11) is 0. The van der Waals surface area contributed by atoms with Gasteiger partial charge in [-0.05, 0) is 18.6 Å². The van der Waals surface area contributed by atoms with E-state index in [1.807, 2.05) is 17.8 Å². The summed E-state index contributed by atoms with van der Waals surface area (Å²) in [6.07, 6.45) is 2.82. The molecule has 0 bridgehead atoms. The van der Waals surface area contributed by atoms with E-state index in [4.69, 9.17) is 0 Å². The zero-order valence-corrected chi connectivity index (χ0v) is 10.1. The maximum Gasteiger partial charge on any atom is 0.0794 e. The van der Waals surface area contributed by atoms with Crippen molar-refractivity contribution >= 4 is 11.3 Å². The fraction of sp³-hybridized carbons (Fsp3) is 0.333. The normalized spacial score (nSPS) is 10.6. The van der Waals surface area contributed by atoms with Crippen LogP contribution in [0.25, 0.3) is 0 Å². The van der Waals surface area contributed by atoms with Gasteiger partial charge in [-0.1, -0.05) is 6.07 Å². The molecule has 0 aliphatic carbocycles. The first kappa shape index (κ1) is 11.2. The smallest absolute Gasteiger partial charge is 0.0794 e. The Morgan fingerprint density at radius 2 is 2.31 bits per heavy atom. The van der Waals surface area contributed by atoms with E-state index in [1.54, 1.807) is 11.3 Å². The summed E-state index contributed by atoms with van der Waals surface area (Å²) < 4.78 is 0. The van der Waals surface area contributed by atoms with Crippen LogP contribution in [-0.4, -0.2) is 16.5 Å². The molecule has 0 atom stereocenters. The zero-order chi connectivity index (χ0) is 11.2. The summed E-state index contributed by atoms with van der Waals surface area (Å²) in [6, 6.07) is 4.05. The molecule has 2 aromatic rings. The number of nitrogens with zero attached hydrogens (tertiary/aromatic N) is 2. The fourth-order valence-electron chi connectivity index (χ4n) is 1.49. The monoisotopic (exact) mass is 233 g/mol. The number of aromatic nitrogens is 2. The molecule has 16 heavy (non-hydrogen) atoms. The highest BCUT2D eigenvalue weighted by molar-refractivity contribution is 7.07. The SMILES string of the molecule is Cc1cccnc1CNCCc1cscn1. The number of rotatable bonds is 5. The van der Waals surface area contributed by atoms with Crippen molar-refractivity contribution in [3.8, 4) is 0 Å². The van der Waals surface area contributed by atoms with Crippen molar-refractivity contribution in [3.05, 3.63) is 46.2 Å². The van der Waals surface area contributed by atoms with Crippen LogP contribution in [0.4, 0.5) is 0 Å². The molecule has 0 unspecified atom stereocenters. The van der Waals surface area contributed by atoms with Crippen molar-refractivity contribution in [2.24, 2.45) is 0 Å². The van der Waals surface area contributed by atoms with E-state index < -0.39 is 0 Å². The van der Waals surface area contributed by atoms with Crippen molar-refractivity contribution in [1.82, 2.24) is 15.3 Å². The van der Waals surface area contributed by atoms with E-state index >= 15 is 0 Å². The second-order valence-corrected chi connectivity index (χ2v) is 4.39. The van der Waals surface area contributed by atoms with Crippen molar-refractivity contribution in [2.45, 2.75) is 19.9 Å². The summed E-state index contributed by atoms with van der Waals surface area (Å²) in [5, 5.41) is 5.47. The molecule has 2 rings (SSSR count). The van der Waals surface area contributed by atoms with Crippen LogP contribution in [0.2, 0.25) is 0 Å². The largest absolute Gasteiger partial charge is 0.311 e. The molecule has 0 fully saturated rings. The van der Waals surface area contributed by atoms with Gasteiger partial charge >= 0.3 is 0 Å². The van der Waals surface area contributed by atoms with Crippen molar-refractivity contribution in [2.75, 3.05) is 6.54 Å². The molecular formula is C12H15N3S. The van der Waals surface area contributed by atoms with Gasteiger partial charge in [0.25, 0.3) is 0 Å². The Bertz CT molecular complexity index is 426. The summed E-state index contributed by atoms with van der Waals surface area (Å²) in [5.74, 6) is 0. The maximum atomic E-state index is 4.34. The molecule has 0 radical (unpaired) electrons. The molecule has 0 aromatic carbocycles. The minimum absolute atomic E-state index is 0.830. The van der Waals surface area contributed by atoms with Gasteiger partial charge < -0.3 is 5.32 Å². The van der Waals surface area contributed by atoms with Crippen LogP contribution in [0, 0.1) is 6.92 Å². The lowest BCUT2D eigenvalue weighted by Crippen LogP contribution is -2.18. The van der Waals surface area contributed by atoms with Gasteiger partial charge in [0, 0.05) is 31.1 Å². The Morgan fingerprint density at radius 1 is 1.38 bits per heavy atom. The molecule has 3 nitrogen and oxygen atoms in total. The van der Waals surface area contributed by atoms with Crippen LogP contribution in [0.3, 0.4) is 0 Å². The van der Waals surface area contributed by atoms with Gasteiger partial charge in [0.1, 0.15) is 0 Å². The van der Waals surface area contributed by atoms with E-state index in [-0.39, 0.29) is 0 Å². The lowest BCUT2D eigenvalue weighted by Gasteiger charge is -2.05. The molecule has 0 saturated heterocycles. The van der Waals surface area contributed by atoms with Crippen LogP contribution in [-0.2, 0) is 13.0 Å². The number of thiazole rings is 1. The van der Waals surface area contributed by atoms with Crippen LogP contribution in [0.1, 0.15) is 17.0 Å². The molecule has 2 aromatic heterocycles. The van der Waals surface area contributed by atoms with Crippen molar-refractivity contribution in [3.63, 3.8) is 0 Å². The highest BCUT2D eigenvalue weighted by Gasteiger charge is 1.98. The number of nitrogens with one attached hydrogen (secondary N) is 1. The van der Waals surface area contributed by atoms with Crippen molar-refractivity contribution in [1.29, 1.82) is 0 Å². The first-order chi connectivity index (χ1) is 7.86. The number of hydrogen-bond donors (Lipinski definition) is 1. The molecule has 0 aliphatic rings. The minimum atomic E-state index is 0.830. The Balaban J connectivity index is 1.74. The minimum Gasteiger partial charge on any atom is -0.311 e. The van der Waals surface area contributed by atoms with Gasteiger partial charge in [0.15, 0.2) is 0 Å². The summed E-state index contributed by atoms with van der Waals surface area (Å²) in [5.41, 5.74) is 5.40. The molecule has 1 N–H and O–H groups in total. The summed E-state index contributed by atoms with van der Waals surface area (Å²) >= 11 is 1.65. The lowest BCUT2D eigenvalue weighted by atomic mass is 10.2. The standard InChI is InChI=1S/C12H15N3S/c1-10-3-2-5-14-12(10)7-13-6-4-11-8-16-9-15-11/h2-3,5,8-9,13H,4,6-7H2,1H3. The molecule has 2 heterocycles. The van der Waals surface area contributed by atoms with Gasteiger partial charge in [0.2, 0.25) is 0 Å². The second-order valence-electron chi connectivity index (χ2n) is 3.67. The van der Waals surface area contributed by atoms with Gasteiger partial charge in [-0.25, -0.2) is 4.98 Å². The van der Waals surface area contributed by atoms with Gasteiger partial charge in [0.05, 0.1) is 16.9 Å². The van der Waals surface area contributed by atoms with Gasteiger partial charge in [-0.3, -0.25) is 4.98 Å². The Hall–Kier alpha value is -1.26. The molecule has 4 heteroatoms. The number of pyridine rings is 1. The number of aryl methyl sites for hydroxylation is 1. The average molecular weight is 233 g/mol. The topological polar surface area (TPSA) is 37.8 Å². The molecule has 84 valence electrons. The highest BCUT2D eigenvalue weighted by Crippen LogP contribution is 2.03. The van der Waals surface area contributed by atoms with E-state index in [2.05, 4.69) is 33.7 Å². The third kappa shape index (κ3) is 3.12. The predicted molar refractivity (Wildman–Crippen MR) is 66.5 cm³/mol. The highest BCUT2D eigenvalue weighted by atomic mass is 32.1. The van der Waals surface area contributed by atoms with E-state index in [9.17, 15) is 0 Å². The lowest BCUT2D eigenvalue weighted by molar-refractivity contribution is 0.667. The molecular weight excluding hydrogens is 218 g/mol. The molecule has 0 saturated carbocycles. The van der Waals surface area contributed by atoms with E-state index in [0.29, 0.717) is 0 Å². The Morgan fingerprint density at radius 3 is 3.06 bits per heavy atom. The Kier molecular flexibility index (Phi) is 4.02. The van der Waals surface area contributed by atoms with Gasteiger partial charge in [-0.2, -0.15) is 0 Å². The van der Waals surface area contributed by atoms with Crippen LogP contribution >= 0.6 is 11.3 Å². The molecule has 0 amide bonds. The first-order valence-electron chi connectivity index (χ1n) is 5.34.